The Morgan fingerprint density at radius 3 is 2.29 bits per heavy atom. The quantitative estimate of drug-likeness (QED) is 0.341. The summed E-state index contributed by atoms with van der Waals surface area (Å²) in [6.45, 7) is 1.98. The number of benzene rings is 4. The minimum atomic E-state index is -3.82. The summed E-state index contributed by atoms with van der Waals surface area (Å²) < 4.78 is 29.4. The number of nitrogens with zero attached hydrogens (tertiary/aromatic N) is 1. The van der Waals surface area contributed by atoms with Crippen LogP contribution in [-0.2, 0) is 16.4 Å². The molecular formula is C28H24N2O3S2. The third-order valence-corrected chi connectivity index (χ3v) is 8.37. The van der Waals surface area contributed by atoms with E-state index >= 15 is 0 Å². The molecule has 0 radical (unpaired) electrons. The van der Waals surface area contributed by atoms with E-state index in [0.717, 1.165) is 21.0 Å². The Bertz CT molecular complexity index is 1470. The molecule has 4 aromatic rings. The van der Waals surface area contributed by atoms with Crippen molar-refractivity contribution in [3.8, 4) is 0 Å². The van der Waals surface area contributed by atoms with Gasteiger partial charge in [0.25, 0.3) is 15.9 Å². The number of fused-ring (bicyclic) bond motifs is 1. The van der Waals surface area contributed by atoms with Crippen LogP contribution in [0.4, 0.5) is 11.4 Å². The van der Waals surface area contributed by atoms with Gasteiger partial charge in [-0.05, 0) is 73.5 Å². The van der Waals surface area contributed by atoms with E-state index in [2.05, 4.69) is 4.72 Å². The second kappa shape index (κ2) is 9.60. The highest BCUT2D eigenvalue weighted by Gasteiger charge is 2.32. The van der Waals surface area contributed by atoms with E-state index in [1.807, 2.05) is 73.7 Å². The lowest BCUT2D eigenvalue weighted by Gasteiger charge is -2.23. The zero-order chi connectivity index (χ0) is 24.4. The highest BCUT2D eigenvalue weighted by Crippen LogP contribution is 2.37. The second-order valence-corrected chi connectivity index (χ2v) is 11.2. The van der Waals surface area contributed by atoms with Gasteiger partial charge in [0, 0.05) is 27.1 Å². The molecule has 5 nitrogen and oxygen atoms in total. The van der Waals surface area contributed by atoms with Gasteiger partial charge in [0.1, 0.15) is 0 Å². The topological polar surface area (TPSA) is 66.5 Å². The molecule has 5 rings (SSSR count). The molecule has 1 heterocycles. The normalized spacial score (nSPS) is 15.0. The number of hydrogen-bond donors (Lipinski definition) is 1. The average molecular weight is 501 g/mol. The van der Waals surface area contributed by atoms with Gasteiger partial charge in [-0.25, -0.2) is 8.42 Å². The number of anilines is 2. The number of nitrogens with one attached hydrogen (secondary N) is 1. The Hall–Kier alpha value is -3.55. The zero-order valence-corrected chi connectivity index (χ0v) is 20.7. The van der Waals surface area contributed by atoms with Crippen molar-refractivity contribution in [1.82, 2.24) is 0 Å². The molecule has 1 aliphatic heterocycles. The fourth-order valence-corrected chi connectivity index (χ4v) is 6.38. The minimum absolute atomic E-state index is 0.0633. The van der Waals surface area contributed by atoms with Crippen LogP contribution in [0.25, 0.3) is 0 Å². The van der Waals surface area contributed by atoms with E-state index in [4.69, 9.17) is 0 Å². The number of carbonyl (C=O) groups is 1. The number of rotatable bonds is 6. The summed E-state index contributed by atoms with van der Waals surface area (Å²) in [7, 11) is -3.82. The van der Waals surface area contributed by atoms with Gasteiger partial charge < -0.3 is 4.90 Å². The SMILES string of the molecule is C[C@@H]1Cc2cc(S(=O)(=O)Nc3ccccc3Sc3ccccc3)ccc2N1C(=O)c1ccccc1. The van der Waals surface area contributed by atoms with E-state index in [1.54, 1.807) is 41.3 Å². The second-order valence-electron chi connectivity index (χ2n) is 8.40. The molecule has 0 bridgehead atoms. The molecule has 0 aliphatic carbocycles. The first kappa shape index (κ1) is 23.2. The Morgan fingerprint density at radius 1 is 0.886 bits per heavy atom. The van der Waals surface area contributed by atoms with Gasteiger partial charge in [0.05, 0.1) is 10.6 Å². The molecule has 7 heteroatoms. The monoisotopic (exact) mass is 500 g/mol. The molecule has 1 N–H and O–H groups in total. The third-order valence-electron chi connectivity index (χ3n) is 5.92. The van der Waals surface area contributed by atoms with E-state index in [1.165, 1.54) is 11.8 Å². The van der Waals surface area contributed by atoms with Gasteiger partial charge in [0.2, 0.25) is 0 Å². The van der Waals surface area contributed by atoms with Crippen molar-refractivity contribution in [2.75, 3.05) is 9.62 Å². The number of hydrogen-bond acceptors (Lipinski definition) is 4. The van der Waals surface area contributed by atoms with E-state index in [0.29, 0.717) is 17.7 Å². The number of amides is 1. The first-order valence-electron chi connectivity index (χ1n) is 11.3. The lowest BCUT2D eigenvalue weighted by molar-refractivity contribution is 0.0981. The van der Waals surface area contributed by atoms with E-state index in [-0.39, 0.29) is 16.8 Å². The van der Waals surface area contributed by atoms with Crippen molar-refractivity contribution < 1.29 is 13.2 Å². The maximum absolute atomic E-state index is 13.3. The van der Waals surface area contributed by atoms with Crippen molar-refractivity contribution in [3.05, 3.63) is 114 Å². The number of carbonyl (C=O) groups excluding carboxylic acids is 1. The molecule has 0 saturated heterocycles. The maximum atomic E-state index is 13.3. The largest absolute Gasteiger partial charge is 0.305 e. The molecule has 176 valence electrons. The first-order valence-corrected chi connectivity index (χ1v) is 13.6. The van der Waals surface area contributed by atoms with Crippen molar-refractivity contribution in [2.45, 2.75) is 34.1 Å². The van der Waals surface area contributed by atoms with Crippen LogP contribution in [0, 0.1) is 0 Å². The molecule has 1 aliphatic rings. The summed E-state index contributed by atoms with van der Waals surface area (Å²) in [5.74, 6) is -0.0857. The predicted octanol–water partition coefficient (Wildman–Crippen LogP) is 6.23. The molecule has 0 spiro atoms. The Kier molecular flexibility index (Phi) is 6.36. The minimum Gasteiger partial charge on any atom is -0.305 e. The van der Waals surface area contributed by atoms with Crippen molar-refractivity contribution in [2.24, 2.45) is 0 Å². The predicted molar refractivity (Wildman–Crippen MR) is 141 cm³/mol. The Labute approximate surface area is 209 Å². The van der Waals surface area contributed by atoms with Crippen molar-refractivity contribution in [3.63, 3.8) is 0 Å². The zero-order valence-electron chi connectivity index (χ0n) is 19.1. The van der Waals surface area contributed by atoms with Gasteiger partial charge in [0.15, 0.2) is 0 Å². The molecule has 35 heavy (non-hydrogen) atoms. The summed E-state index contributed by atoms with van der Waals surface area (Å²) >= 11 is 1.50. The van der Waals surface area contributed by atoms with Crippen LogP contribution in [0.15, 0.2) is 118 Å². The standard InChI is InChI=1S/C28H24N2O3S2/c1-20-18-22-19-24(16-17-26(22)30(20)28(31)21-10-4-2-5-11-21)35(32,33)29-25-14-8-9-15-27(25)34-23-12-6-3-7-13-23/h2-17,19-20,29H,18H2,1H3/t20-/m1/s1. The maximum Gasteiger partial charge on any atom is 0.261 e. The van der Waals surface area contributed by atoms with Crippen molar-refractivity contribution in [1.29, 1.82) is 0 Å². The van der Waals surface area contributed by atoms with E-state index in [9.17, 15) is 13.2 Å². The van der Waals surface area contributed by atoms with Gasteiger partial charge in [-0.2, -0.15) is 0 Å². The summed E-state index contributed by atoms with van der Waals surface area (Å²) in [6.07, 6.45) is 0.595. The highest BCUT2D eigenvalue weighted by atomic mass is 32.2. The Balaban J connectivity index is 1.41. The van der Waals surface area contributed by atoms with Gasteiger partial charge in [-0.1, -0.05) is 60.3 Å². The molecule has 0 unspecified atom stereocenters. The third kappa shape index (κ3) is 4.83. The van der Waals surface area contributed by atoms with Crippen LogP contribution >= 0.6 is 11.8 Å². The molecule has 4 aromatic carbocycles. The summed E-state index contributed by atoms with van der Waals surface area (Å²) in [5.41, 5.74) is 2.73. The van der Waals surface area contributed by atoms with Crippen LogP contribution in [0.3, 0.4) is 0 Å². The van der Waals surface area contributed by atoms with Crippen LogP contribution in [-0.4, -0.2) is 20.4 Å². The van der Waals surface area contributed by atoms with Gasteiger partial charge in [-0.15, -0.1) is 0 Å². The lowest BCUT2D eigenvalue weighted by atomic mass is 10.1. The molecule has 0 fully saturated rings. The first-order chi connectivity index (χ1) is 16.9. The molecule has 0 aromatic heterocycles. The fraction of sp³-hybridized carbons (Fsp3) is 0.107. The summed E-state index contributed by atoms with van der Waals surface area (Å²) in [6, 6.07) is 31.2. The summed E-state index contributed by atoms with van der Waals surface area (Å²) in [4.78, 5) is 16.9. The van der Waals surface area contributed by atoms with Crippen LogP contribution in [0.5, 0.6) is 0 Å². The van der Waals surface area contributed by atoms with Gasteiger partial charge in [-0.3, -0.25) is 9.52 Å². The molecular weight excluding hydrogens is 476 g/mol. The van der Waals surface area contributed by atoms with Crippen LogP contribution in [0.1, 0.15) is 22.8 Å². The molecule has 1 amide bonds. The summed E-state index contributed by atoms with van der Waals surface area (Å²) in [5, 5.41) is 0. The lowest BCUT2D eigenvalue weighted by Crippen LogP contribution is -2.35. The highest BCUT2D eigenvalue weighted by molar-refractivity contribution is 7.99. The van der Waals surface area contributed by atoms with Crippen LogP contribution < -0.4 is 9.62 Å². The number of sulfonamides is 1. The van der Waals surface area contributed by atoms with Gasteiger partial charge >= 0.3 is 0 Å². The fourth-order valence-electron chi connectivity index (χ4n) is 4.26. The average Bonchev–Trinajstić information content (AvgIpc) is 3.20. The van der Waals surface area contributed by atoms with Crippen molar-refractivity contribution >= 4 is 39.1 Å². The van der Waals surface area contributed by atoms with E-state index < -0.39 is 10.0 Å². The number of para-hydroxylation sites is 1. The molecule has 1 atom stereocenters. The Morgan fingerprint density at radius 2 is 1.54 bits per heavy atom. The smallest absolute Gasteiger partial charge is 0.261 e. The van der Waals surface area contributed by atoms with Crippen LogP contribution in [0.2, 0.25) is 0 Å². The molecule has 0 saturated carbocycles.